The van der Waals surface area contributed by atoms with Gasteiger partial charge in [-0.1, -0.05) is 0 Å². The lowest BCUT2D eigenvalue weighted by Crippen LogP contribution is -2.41. The molecule has 3 nitrogen and oxygen atoms in total. The summed E-state index contributed by atoms with van der Waals surface area (Å²) in [5.74, 6) is 1.43. The Balaban J connectivity index is 1.82. The highest BCUT2D eigenvalue weighted by Crippen LogP contribution is 2.14. The van der Waals surface area contributed by atoms with Crippen LogP contribution in [0.1, 0.15) is 25.5 Å². The zero-order chi connectivity index (χ0) is 10.7. The molecule has 0 N–H and O–H groups in total. The van der Waals surface area contributed by atoms with Crippen molar-refractivity contribution < 1.29 is 9.21 Å². The maximum Gasteiger partial charge on any atom is 0.135 e. The number of nitrogens with zero attached hydrogens (tertiary/aromatic N) is 1. The molecule has 0 bridgehead atoms. The smallest absolute Gasteiger partial charge is 0.135 e. The summed E-state index contributed by atoms with van der Waals surface area (Å²) in [6.45, 7) is 4.02. The van der Waals surface area contributed by atoms with E-state index in [-0.39, 0.29) is 0 Å². The Bertz CT molecular complexity index is 318. The fraction of sp³-hybridized carbons (Fsp3) is 0.583. The minimum atomic E-state index is 0.390. The Morgan fingerprint density at radius 2 is 2.47 bits per heavy atom. The third-order valence-electron chi connectivity index (χ3n) is 3.05. The van der Waals surface area contributed by atoms with Gasteiger partial charge in [0.05, 0.1) is 6.26 Å². The standard InChI is InChI=1S/C12H17NO2/c1-10-9-11(14)4-6-13(10)7-5-12-3-2-8-15-12/h2-3,8,10H,4-7,9H2,1H3. The minimum Gasteiger partial charge on any atom is -0.469 e. The van der Waals surface area contributed by atoms with Crippen LogP contribution in [0, 0.1) is 0 Å². The van der Waals surface area contributed by atoms with E-state index in [1.807, 2.05) is 12.1 Å². The van der Waals surface area contributed by atoms with Crippen molar-refractivity contribution in [3.8, 4) is 0 Å². The van der Waals surface area contributed by atoms with Gasteiger partial charge in [-0.3, -0.25) is 9.69 Å². The van der Waals surface area contributed by atoms with Crippen LogP contribution in [-0.4, -0.2) is 29.8 Å². The first-order chi connectivity index (χ1) is 7.25. The molecule has 1 fully saturated rings. The van der Waals surface area contributed by atoms with Crippen LogP contribution < -0.4 is 0 Å². The van der Waals surface area contributed by atoms with Crippen LogP contribution in [0.15, 0.2) is 22.8 Å². The Morgan fingerprint density at radius 1 is 1.60 bits per heavy atom. The van der Waals surface area contributed by atoms with Crippen molar-refractivity contribution >= 4 is 5.78 Å². The topological polar surface area (TPSA) is 33.5 Å². The van der Waals surface area contributed by atoms with Gasteiger partial charge in [0.1, 0.15) is 11.5 Å². The molecule has 82 valence electrons. The van der Waals surface area contributed by atoms with E-state index in [1.54, 1.807) is 6.26 Å². The molecule has 0 saturated carbocycles. The van der Waals surface area contributed by atoms with E-state index < -0.39 is 0 Å². The number of hydrogen-bond acceptors (Lipinski definition) is 3. The summed E-state index contributed by atoms with van der Waals surface area (Å²) in [7, 11) is 0. The lowest BCUT2D eigenvalue weighted by atomic mass is 10.0. The average molecular weight is 207 g/mol. The molecule has 0 spiro atoms. The molecule has 0 aliphatic carbocycles. The maximum absolute atomic E-state index is 11.2. The van der Waals surface area contributed by atoms with E-state index in [9.17, 15) is 4.79 Å². The summed E-state index contributed by atoms with van der Waals surface area (Å²) in [5, 5.41) is 0. The van der Waals surface area contributed by atoms with Crippen molar-refractivity contribution in [3.05, 3.63) is 24.2 Å². The van der Waals surface area contributed by atoms with Crippen molar-refractivity contribution in [1.29, 1.82) is 0 Å². The van der Waals surface area contributed by atoms with Crippen molar-refractivity contribution in [2.45, 2.75) is 32.2 Å². The van der Waals surface area contributed by atoms with Gasteiger partial charge in [-0.25, -0.2) is 0 Å². The highest BCUT2D eigenvalue weighted by molar-refractivity contribution is 5.79. The predicted octanol–water partition coefficient (Wildman–Crippen LogP) is 1.88. The summed E-state index contributed by atoms with van der Waals surface area (Å²) < 4.78 is 5.29. The molecule has 2 heterocycles. The maximum atomic E-state index is 11.2. The van der Waals surface area contributed by atoms with E-state index in [1.165, 1.54) is 0 Å². The molecule has 1 saturated heterocycles. The number of Topliss-reactive ketones (excluding diaryl/α,β-unsaturated/α-hetero) is 1. The molecule has 0 radical (unpaired) electrons. The second kappa shape index (κ2) is 4.62. The summed E-state index contributed by atoms with van der Waals surface area (Å²) >= 11 is 0. The lowest BCUT2D eigenvalue weighted by molar-refractivity contribution is -0.122. The van der Waals surface area contributed by atoms with Gasteiger partial charge < -0.3 is 4.42 Å². The van der Waals surface area contributed by atoms with Gasteiger partial charge in [0, 0.05) is 38.4 Å². The van der Waals surface area contributed by atoms with Crippen molar-refractivity contribution in [3.63, 3.8) is 0 Å². The Labute approximate surface area is 90.1 Å². The molecule has 1 unspecified atom stereocenters. The molecule has 15 heavy (non-hydrogen) atoms. The van der Waals surface area contributed by atoms with Gasteiger partial charge in [0.2, 0.25) is 0 Å². The molecule has 0 aromatic carbocycles. The van der Waals surface area contributed by atoms with E-state index in [0.29, 0.717) is 24.7 Å². The molecule has 1 aromatic heterocycles. The number of rotatable bonds is 3. The molecule has 3 heteroatoms. The van der Waals surface area contributed by atoms with E-state index in [0.717, 1.165) is 25.3 Å². The first-order valence-corrected chi connectivity index (χ1v) is 5.54. The number of carbonyl (C=O) groups is 1. The SMILES string of the molecule is CC1CC(=O)CCN1CCc1ccco1. The Hall–Kier alpha value is -1.09. The Kier molecular flexibility index (Phi) is 3.21. The van der Waals surface area contributed by atoms with Gasteiger partial charge in [-0.05, 0) is 19.1 Å². The fourth-order valence-electron chi connectivity index (χ4n) is 2.09. The second-order valence-corrected chi connectivity index (χ2v) is 4.21. The zero-order valence-electron chi connectivity index (χ0n) is 9.11. The van der Waals surface area contributed by atoms with Crippen LogP contribution in [0.4, 0.5) is 0 Å². The first-order valence-electron chi connectivity index (χ1n) is 5.54. The highest BCUT2D eigenvalue weighted by atomic mass is 16.3. The van der Waals surface area contributed by atoms with E-state index in [4.69, 9.17) is 4.42 Å². The third kappa shape index (κ3) is 2.69. The predicted molar refractivity (Wildman–Crippen MR) is 57.7 cm³/mol. The van der Waals surface area contributed by atoms with E-state index >= 15 is 0 Å². The number of furan rings is 1. The van der Waals surface area contributed by atoms with Crippen LogP contribution in [0.2, 0.25) is 0 Å². The summed E-state index contributed by atoms with van der Waals surface area (Å²) in [5.41, 5.74) is 0. The molecule has 1 atom stereocenters. The third-order valence-corrected chi connectivity index (χ3v) is 3.05. The molecular weight excluding hydrogens is 190 g/mol. The van der Waals surface area contributed by atoms with E-state index in [2.05, 4.69) is 11.8 Å². The van der Waals surface area contributed by atoms with Crippen molar-refractivity contribution in [2.75, 3.05) is 13.1 Å². The summed E-state index contributed by atoms with van der Waals surface area (Å²) in [6, 6.07) is 4.30. The molecule has 1 aliphatic heterocycles. The van der Waals surface area contributed by atoms with Gasteiger partial charge in [-0.2, -0.15) is 0 Å². The second-order valence-electron chi connectivity index (χ2n) is 4.21. The van der Waals surface area contributed by atoms with Gasteiger partial charge >= 0.3 is 0 Å². The monoisotopic (exact) mass is 207 g/mol. The van der Waals surface area contributed by atoms with Crippen LogP contribution in [0.25, 0.3) is 0 Å². The van der Waals surface area contributed by atoms with Crippen molar-refractivity contribution in [1.82, 2.24) is 4.90 Å². The number of hydrogen-bond donors (Lipinski definition) is 0. The number of ketones is 1. The van der Waals surface area contributed by atoms with Gasteiger partial charge in [-0.15, -0.1) is 0 Å². The first kappa shape index (κ1) is 10.4. The number of carbonyl (C=O) groups excluding carboxylic acids is 1. The molecule has 1 aliphatic rings. The van der Waals surface area contributed by atoms with Crippen LogP contribution >= 0.6 is 0 Å². The lowest BCUT2D eigenvalue weighted by Gasteiger charge is -2.32. The minimum absolute atomic E-state index is 0.390. The van der Waals surface area contributed by atoms with Crippen LogP contribution in [0.3, 0.4) is 0 Å². The number of likely N-dealkylation sites (tertiary alicyclic amines) is 1. The number of piperidine rings is 1. The summed E-state index contributed by atoms with van der Waals surface area (Å²) in [4.78, 5) is 13.6. The molecule has 1 aromatic rings. The van der Waals surface area contributed by atoms with Crippen LogP contribution in [-0.2, 0) is 11.2 Å². The zero-order valence-corrected chi connectivity index (χ0v) is 9.11. The molecule has 2 rings (SSSR count). The highest BCUT2D eigenvalue weighted by Gasteiger charge is 2.22. The normalized spacial score (nSPS) is 23.3. The molecule has 0 amide bonds. The van der Waals surface area contributed by atoms with Crippen LogP contribution in [0.5, 0.6) is 0 Å². The van der Waals surface area contributed by atoms with Crippen molar-refractivity contribution in [2.24, 2.45) is 0 Å². The van der Waals surface area contributed by atoms with Gasteiger partial charge in [0.25, 0.3) is 0 Å². The quantitative estimate of drug-likeness (QED) is 0.758. The fourth-order valence-corrected chi connectivity index (χ4v) is 2.09. The van der Waals surface area contributed by atoms with Gasteiger partial charge in [0.15, 0.2) is 0 Å². The largest absolute Gasteiger partial charge is 0.469 e. The Morgan fingerprint density at radius 3 is 3.13 bits per heavy atom. The summed E-state index contributed by atoms with van der Waals surface area (Å²) in [6.07, 6.45) is 4.06. The average Bonchev–Trinajstić information content (AvgIpc) is 2.69. The molecular formula is C12H17NO2.